The molecular weight excluding hydrogens is 381 g/mol. The fraction of sp³-hybridized carbons (Fsp3) is 0.238. The summed E-state index contributed by atoms with van der Waals surface area (Å²) in [6, 6.07) is 8.88. The van der Waals surface area contributed by atoms with E-state index in [0.29, 0.717) is 11.4 Å². The first-order valence-electron chi connectivity index (χ1n) is 9.03. The molecule has 2 aromatic carbocycles. The van der Waals surface area contributed by atoms with Crippen molar-refractivity contribution < 1.29 is 18.3 Å². The molecule has 1 aromatic heterocycles. The number of hydrogen-bond donors (Lipinski definition) is 3. The number of aliphatic hydroxyl groups is 1. The van der Waals surface area contributed by atoms with Crippen LogP contribution in [0.3, 0.4) is 0 Å². The Labute approximate surface area is 165 Å². The van der Waals surface area contributed by atoms with Crippen molar-refractivity contribution >= 4 is 22.4 Å². The second kappa shape index (κ2) is 6.65. The summed E-state index contributed by atoms with van der Waals surface area (Å²) >= 11 is 0. The van der Waals surface area contributed by atoms with E-state index >= 15 is 0 Å². The predicted molar refractivity (Wildman–Crippen MR) is 105 cm³/mol. The normalized spacial score (nSPS) is 15.1. The summed E-state index contributed by atoms with van der Waals surface area (Å²) in [5.74, 6) is 0.362. The Bertz CT molecular complexity index is 1120. The third-order valence-corrected chi connectivity index (χ3v) is 5.14. The van der Waals surface area contributed by atoms with E-state index in [-0.39, 0.29) is 30.3 Å². The number of imidazole rings is 1. The SMILES string of the molecule is Cc1cc2nc(C3=C(O)CN(Cc4cccc(C(F)(F)F)c4)C3=N)[nH]c2cc1C. The molecule has 0 fully saturated rings. The number of amidine groups is 1. The second-order valence-electron chi connectivity index (χ2n) is 7.26. The maximum Gasteiger partial charge on any atom is 0.416 e. The van der Waals surface area contributed by atoms with Gasteiger partial charge in [-0.15, -0.1) is 0 Å². The molecule has 150 valence electrons. The summed E-state index contributed by atoms with van der Waals surface area (Å²) < 4.78 is 38.8. The number of nitrogens with zero attached hydrogens (tertiary/aromatic N) is 2. The number of halogens is 3. The van der Waals surface area contributed by atoms with Crippen LogP contribution in [0, 0.1) is 19.3 Å². The zero-order chi connectivity index (χ0) is 20.9. The van der Waals surface area contributed by atoms with Crippen LogP contribution in [0.25, 0.3) is 16.6 Å². The van der Waals surface area contributed by atoms with Crippen molar-refractivity contribution in [3.8, 4) is 0 Å². The monoisotopic (exact) mass is 400 g/mol. The maximum absolute atomic E-state index is 12.9. The van der Waals surface area contributed by atoms with Crippen molar-refractivity contribution in [2.75, 3.05) is 6.54 Å². The van der Waals surface area contributed by atoms with Crippen molar-refractivity contribution in [2.45, 2.75) is 26.6 Å². The Balaban J connectivity index is 1.61. The number of fused-ring (bicyclic) bond motifs is 1. The fourth-order valence-electron chi connectivity index (χ4n) is 3.47. The van der Waals surface area contributed by atoms with E-state index in [4.69, 9.17) is 5.41 Å². The number of aryl methyl sites for hydroxylation is 2. The van der Waals surface area contributed by atoms with Gasteiger partial charge in [0.1, 0.15) is 17.4 Å². The van der Waals surface area contributed by atoms with Gasteiger partial charge in [-0.3, -0.25) is 5.41 Å². The van der Waals surface area contributed by atoms with Gasteiger partial charge in [-0.25, -0.2) is 4.98 Å². The molecule has 2 heterocycles. The van der Waals surface area contributed by atoms with Gasteiger partial charge >= 0.3 is 6.18 Å². The summed E-state index contributed by atoms with van der Waals surface area (Å²) in [5.41, 5.74) is 3.65. The van der Waals surface area contributed by atoms with Crippen LogP contribution in [-0.2, 0) is 12.7 Å². The molecule has 0 unspecified atom stereocenters. The lowest BCUT2D eigenvalue weighted by molar-refractivity contribution is -0.137. The number of alkyl halides is 3. The number of aromatic amines is 1. The molecule has 8 heteroatoms. The number of H-pyrrole nitrogens is 1. The van der Waals surface area contributed by atoms with E-state index in [1.807, 2.05) is 26.0 Å². The average Bonchev–Trinajstić information content (AvgIpc) is 3.15. The molecule has 0 saturated heterocycles. The van der Waals surface area contributed by atoms with Gasteiger partial charge in [0.15, 0.2) is 0 Å². The molecule has 4 rings (SSSR count). The van der Waals surface area contributed by atoms with Crippen LogP contribution in [0.15, 0.2) is 42.2 Å². The first kappa shape index (κ1) is 19.0. The van der Waals surface area contributed by atoms with Gasteiger partial charge < -0.3 is 15.0 Å². The fourth-order valence-corrected chi connectivity index (χ4v) is 3.47. The number of nitrogens with one attached hydrogen (secondary N) is 2. The van der Waals surface area contributed by atoms with E-state index in [2.05, 4.69) is 9.97 Å². The molecule has 3 aromatic rings. The van der Waals surface area contributed by atoms with Crippen LogP contribution < -0.4 is 0 Å². The molecule has 1 aliphatic heterocycles. The van der Waals surface area contributed by atoms with Gasteiger partial charge in [-0.1, -0.05) is 12.1 Å². The Hall–Kier alpha value is -3.29. The smallest absolute Gasteiger partial charge is 0.416 e. The standard InChI is InChI=1S/C21H19F3N4O/c1-11-6-15-16(7-12(11)2)27-20(26-15)18-17(29)10-28(19(18)25)9-13-4-3-5-14(8-13)21(22,23)24/h3-8,25,29H,9-10H2,1-2H3,(H,26,27). The largest absolute Gasteiger partial charge is 0.510 e. The molecule has 0 atom stereocenters. The summed E-state index contributed by atoms with van der Waals surface area (Å²) in [7, 11) is 0. The molecule has 0 amide bonds. The summed E-state index contributed by atoms with van der Waals surface area (Å²) in [5, 5.41) is 18.9. The highest BCUT2D eigenvalue weighted by atomic mass is 19.4. The minimum Gasteiger partial charge on any atom is -0.510 e. The van der Waals surface area contributed by atoms with Crippen molar-refractivity contribution in [2.24, 2.45) is 0 Å². The maximum atomic E-state index is 12.9. The Morgan fingerprint density at radius 3 is 2.62 bits per heavy atom. The van der Waals surface area contributed by atoms with Crippen LogP contribution in [-0.4, -0.2) is 32.4 Å². The van der Waals surface area contributed by atoms with Crippen LogP contribution in [0.1, 0.15) is 28.1 Å². The Morgan fingerprint density at radius 1 is 1.17 bits per heavy atom. The molecule has 0 spiro atoms. The van der Waals surface area contributed by atoms with E-state index in [1.54, 1.807) is 6.07 Å². The molecule has 3 N–H and O–H groups in total. The van der Waals surface area contributed by atoms with Crippen LogP contribution >= 0.6 is 0 Å². The quantitative estimate of drug-likeness (QED) is 0.582. The average molecular weight is 400 g/mol. The summed E-state index contributed by atoms with van der Waals surface area (Å²) in [4.78, 5) is 9.15. The number of aliphatic hydroxyl groups excluding tert-OH is 1. The van der Waals surface area contributed by atoms with Crippen molar-refractivity contribution in [1.82, 2.24) is 14.9 Å². The third kappa shape index (κ3) is 3.46. The topological polar surface area (TPSA) is 76.0 Å². The van der Waals surface area contributed by atoms with Gasteiger partial charge in [-0.2, -0.15) is 13.2 Å². The van der Waals surface area contributed by atoms with Gasteiger partial charge in [-0.05, 0) is 54.8 Å². The molecule has 0 saturated carbocycles. The van der Waals surface area contributed by atoms with Gasteiger partial charge in [0.05, 0.1) is 28.7 Å². The lowest BCUT2D eigenvalue weighted by atomic mass is 10.1. The molecule has 5 nitrogen and oxygen atoms in total. The van der Waals surface area contributed by atoms with Crippen LogP contribution in [0.5, 0.6) is 0 Å². The van der Waals surface area contributed by atoms with E-state index in [0.717, 1.165) is 34.3 Å². The molecule has 1 aliphatic rings. The lowest BCUT2D eigenvalue weighted by Gasteiger charge is -2.19. The Kier molecular flexibility index (Phi) is 4.37. The van der Waals surface area contributed by atoms with Crippen LogP contribution in [0.4, 0.5) is 13.2 Å². The number of hydrogen-bond acceptors (Lipinski definition) is 3. The lowest BCUT2D eigenvalue weighted by Crippen LogP contribution is -2.26. The molecule has 0 radical (unpaired) electrons. The third-order valence-electron chi connectivity index (χ3n) is 5.14. The van der Waals surface area contributed by atoms with Gasteiger partial charge in [0.2, 0.25) is 0 Å². The number of rotatable bonds is 3. The molecule has 0 aliphatic carbocycles. The van der Waals surface area contributed by atoms with E-state index in [9.17, 15) is 18.3 Å². The zero-order valence-corrected chi connectivity index (χ0v) is 15.9. The second-order valence-corrected chi connectivity index (χ2v) is 7.26. The summed E-state index contributed by atoms with van der Waals surface area (Å²) in [6.07, 6.45) is -4.43. The molecule has 0 bridgehead atoms. The highest BCUT2D eigenvalue weighted by Gasteiger charge is 2.32. The van der Waals surface area contributed by atoms with Crippen molar-refractivity contribution in [3.63, 3.8) is 0 Å². The van der Waals surface area contributed by atoms with Crippen molar-refractivity contribution in [1.29, 1.82) is 5.41 Å². The Morgan fingerprint density at radius 2 is 1.90 bits per heavy atom. The van der Waals surface area contributed by atoms with Gasteiger partial charge in [0.25, 0.3) is 0 Å². The first-order valence-corrected chi connectivity index (χ1v) is 9.03. The van der Waals surface area contributed by atoms with Crippen molar-refractivity contribution in [3.05, 3.63) is 70.2 Å². The molecule has 29 heavy (non-hydrogen) atoms. The first-order chi connectivity index (χ1) is 13.6. The van der Waals surface area contributed by atoms with Gasteiger partial charge in [0, 0.05) is 6.54 Å². The highest BCUT2D eigenvalue weighted by molar-refractivity contribution is 6.23. The minimum atomic E-state index is -4.43. The van der Waals surface area contributed by atoms with Crippen LogP contribution in [0.2, 0.25) is 0 Å². The van der Waals surface area contributed by atoms with E-state index < -0.39 is 11.7 Å². The molecular formula is C21H19F3N4O. The zero-order valence-electron chi connectivity index (χ0n) is 15.9. The number of aromatic nitrogens is 2. The summed E-state index contributed by atoms with van der Waals surface area (Å²) in [6.45, 7) is 4.09. The van der Waals surface area contributed by atoms with E-state index in [1.165, 1.54) is 11.0 Å². The highest BCUT2D eigenvalue weighted by Crippen LogP contribution is 2.32. The predicted octanol–water partition coefficient (Wildman–Crippen LogP) is 4.96. The number of benzene rings is 2. The minimum absolute atomic E-state index is 0.0208.